The van der Waals surface area contributed by atoms with Gasteiger partial charge in [0.15, 0.2) is 0 Å². The fourth-order valence-electron chi connectivity index (χ4n) is 2.03. The average molecular weight is 309 g/mol. The molecule has 1 N–H and O–H groups in total. The Labute approximate surface area is 128 Å². The SMILES string of the molecule is COc1cccc(-n2nc(C(C)(C)C)c(C(=O)O)c2Cl)c1. The van der Waals surface area contributed by atoms with Gasteiger partial charge in [-0.15, -0.1) is 0 Å². The lowest BCUT2D eigenvalue weighted by atomic mass is 9.89. The minimum absolute atomic E-state index is 0.0342. The quantitative estimate of drug-likeness (QED) is 0.942. The highest BCUT2D eigenvalue weighted by Crippen LogP contribution is 2.32. The van der Waals surface area contributed by atoms with Gasteiger partial charge in [-0.1, -0.05) is 38.4 Å². The number of aromatic carboxylic acids is 1. The van der Waals surface area contributed by atoms with E-state index >= 15 is 0 Å². The molecule has 2 aromatic rings. The molecule has 0 aliphatic carbocycles. The summed E-state index contributed by atoms with van der Waals surface area (Å²) < 4.78 is 6.59. The number of carboxylic acid groups (broad SMARTS) is 1. The van der Waals surface area contributed by atoms with Gasteiger partial charge in [-0.2, -0.15) is 5.10 Å². The Morgan fingerprint density at radius 3 is 2.52 bits per heavy atom. The van der Waals surface area contributed by atoms with E-state index in [1.165, 1.54) is 4.68 Å². The van der Waals surface area contributed by atoms with E-state index in [4.69, 9.17) is 16.3 Å². The fraction of sp³-hybridized carbons (Fsp3) is 0.333. The number of carbonyl (C=O) groups is 1. The lowest BCUT2D eigenvalue weighted by Crippen LogP contribution is -2.16. The predicted octanol–water partition coefficient (Wildman–Crippen LogP) is 3.53. The Balaban J connectivity index is 2.68. The number of ether oxygens (including phenoxy) is 1. The number of carboxylic acids is 1. The van der Waals surface area contributed by atoms with Gasteiger partial charge < -0.3 is 9.84 Å². The molecule has 21 heavy (non-hydrogen) atoms. The summed E-state index contributed by atoms with van der Waals surface area (Å²) in [6.45, 7) is 5.69. The zero-order valence-electron chi connectivity index (χ0n) is 12.3. The van der Waals surface area contributed by atoms with Gasteiger partial charge >= 0.3 is 5.97 Å². The van der Waals surface area contributed by atoms with Crippen molar-refractivity contribution in [3.8, 4) is 11.4 Å². The Morgan fingerprint density at radius 2 is 2.05 bits per heavy atom. The maximum absolute atomic E-state index is 11.5. The fourth-order valence-corrected chi connectivity index (χ4v) is 2.33. The molecule has 2 rings (SSSR count). The average Bonchev–Trinajstić information content (AvgIpc) is 2.76. The lowest BCUT2D eigenvalue weighted by Gasteiger charge is -2.15. The molecule has 112 valence electrons. The van der Waals surface area contributed by atoms with Crippen LogP contribution in [0.2, 0.25) is 5.15 Å². The number of benzene rings is 1. The van der Waals surface area contributed by atoms with E-state index in [0.29, 0.717) is 17.1 Å². The number of aromatic nitrogens is 2. The maximum atomic E-state index is 11.5. The second kappa shape index (κ2) is 5.41. The van der Waals surface area contributed by atoms with Crippen LogP contribution < -0.4 is 4.74 Å². The molecule has 0 atom stereocenters. The zero-order chi connectivity index (χ0) is 15.8. The second-order valence-corrected chi connectivity index (χ2v) is 6.04. The van der Waals surface area contributed by atoms with Crippen molar-refractivity contribution in [3.05, 3.63) is 40.7 Å². The van der Waals surface area contributed by atoms with Crippen molar-refractivity contribution in [2.24, 2.45) is 0 Å². The van der Waals surface area contributed by atoms with E-state index < -0.39 is 11.4 Å². The molecule has 0 spiro atoms. The number of rotatable bonds is 3. The second-order valence-electron chi connectivity index (χ2n) is 5.68. The zero-order valence-corrected chi connectivity index (χ0v) is 13.1. The third-order valence-electron chi connectivity index (χ3n) is 3.05. The summed E-state index contributed by atoms with van der Waals surface area (Å²) in [5, 5.41) is 13.9. The highest BCUT2D eigenvalue weighted by Gasteiger charge is 2.30. The monoisotopic (exact) mass is 308 g/mol. The van der Waals surface area contributed by atoms with Crippen LogP contribution in [0.4, 0.5) is 0 Å². The number of methoxy groups -OCH3 is 1. The van der Waals surface area contributed by atoms with Crippen LogP contribution in [0.1, 0.15) is 36.8 Å². The molecule has 1 aromatic carbocycles. The standard InChI is InChI=1S/C15H17ClN2O3/c1-15(2,3)12-11(14(19)20)13(16)18(17-12)9-6-5-7-10(8-9)21-4/h5-8H,1-4H3,(H,19,20). The van der Waals surface area contributed by atoms with Gasteiger partial charge in [-0.25, -0.2) is 9.48 Å². The van der Waals surface area contributed by atoms with Crippen molar-refractivity contribution in [2.45, 2.75) is 26.2 Å². The molecular formula is C15H17ClN2O3. The van der Waals surface area contributed by atoms with Gasteiger partial charge in [-0.3, -0.25) is 0 Å². The normalized spacial score (nSPS) is 11.5. The molecule has 0 aliphatic heterocycles. The van der Waals surface area contributed by atoms with Gasteiger partial charge in [0.1, 0.15) is 16.5 Å². The first kappa shape index (κ1) is 15.4. The van der Waals surface area contributed by atoms with Crippen molar-refractivity contribution in [1.29, 1.82) is 0 Å². The van der Waals surface area contributed by atoms with Crippen LogP contribution in [0.25, 0.3) is 5.69 Å². The molecule has 1 heterocycles. The largest absolute Gasteiger partial charge is 0.497 e. The van der Waals surface area contributed by atoms with Crippen molar-refractivity contribution < 1.29 is 14.6 Å². The van der Waals surface area contributed by atoms with Crippen molar-refractivity contribution >= 4 is 17.6 Å². The van der Waals surface area contributed by atoms with Crippen molar-refractivity contribution in [3.63, 3.8) is 0 Å². The van der Waals surface area contributed by atoms with Crippen LogP contribution in [0, 0.1) is 0 Å². The molecule has 0 unspecified atom stereocenters. The Hall–Kier alpha value is -2.01. The van der Waals surface area contributed by atoms with Gasteiger partial charge in [0.25, 0.3) is 0 Å². The lowest BCUT2D eigenvalue weighted by molar-refractivity contribution is 0.0694. The Morgan fingerprint density at radius 1 is 1.38 bits per heavy atom. The minimum Gasteiger partial charge on any atom is -0.497 e. The number of hydrogen-bond donors (Lipinski definition) is 1. The minimum atomic E-state index is -1.08. The van der Waals surface area contributed by atoms with E-state index in [9.17, 15) is 9.90 Å². The summed E-state index contributed by atoms with van der Waals surface area (Å²) in [5.41, 5.74) is 0.703. The van der Waals surface area contributed by atoms with Gasteiger partial charge in [0.05, 0.1) is 18.5 Å². The first-order valence-corrected chi connectivity index (χ1v) is 6.80. The highest BCUT2D eigenvalue weighted by molar-refractivity contribution is 6.33. The van der Waals surface area contributed by atoms with Crippen LogP contribution in [0.15, 0.2) is 24.3 Å². The summed E-state index contributed by atoms with van der Waals surface area (Å²) in [6, 6.07) is 7.13. The van der Waals surface area contributed by atoms with Crippen LogP contribution in [-0.2, 0) is 5.41 Å². The number of halogens is 1. The molecule has 0 fully saturated rings. The highest BCUT2D eigenvalue weighted by atomic mass is 35.5. The molecule has 0 bridgehead atoms. The first-order valence-electron chi connectivity index (χ1n) is 6.42. The summed E-state index contributed by atoms with van der Waals surface area (Å²) in [6.07, 6.45) is 0. The van der Waals surface area contributed by atoms with Crippen LogP contribution >= 0.6 is 11.6 Å². The Kier molecular flexibility index (Phi) is 3.96. The van der Waals surface area contributed by atoms with Crippen LogP contribution in [0.3, 0.4) is 0 Å². The van der Waals surface area contributed by atoms with Crippen LogP contribution in [0.5, 0.6) is 5.75 Å². The van der Waals surface area contributed by atoms with E-state index in [-0.39, 0.29) is 10.7 Å². The molecule has 0 saturated carbocycles. The van der Waals surface area contributed by atoms with Gasteiger partial charge in [0, 0.05) is 11.5 Å². The smallest absolute Gasteiger partial charge is 0.340 e. The van der Waals surface area contributed by atoms with Gasteiger partial charge in [-0.05, 0) is 12.1 Å². The van der Waals surface area contributed by atoms with E-state index in [0.717, 1.165) is 0 Å². The van der Waals surface area contributed by atoms with E-state index in [2.05, 4.69) is 5.10 Å². The molecule has 0 aliphatic rings. The summed E-state index contributed by atoms with van der Waals surface area (Å²) in [7, 11) is 1.56. The molecule has 0 amide bonds. The van der Waals surface area contributed by atoms with Crippen molar-refractivity contribution in [2.75, 3.05) is 7.11 Å². The summed E-state index contributed by atoms with van der Waals surface area (Å²) in [5.74, 6) is -0.438. The predicted molar refractivity (Wildman–Crippen MR) is 80.8 cm³/mol. The summed E-state index contributed by atoms with van der Waals surface area (Å²) in [4.78, 5) is 11.5. The molecule has 1 aromatic heterocycles. The number of hydrogen-bond acceptors (Lipinski definition) is 3. The molecule has 5 nitrogen and oxygen atoms in total. The maximum Gasteiger partial charge on any atom is 0.340 e. The van der Waals surface area contributed by atoms with Crippen LogP contribution in [-0.4, -0.2) is 28.0 Å². The third-order valence-corrected chi connectivity index (χ3v) is 3.40. The van der Waals surface area contributed by atoms with E-state index in [1.54, 1.807) is 31.4 Å². The van der Waals surface area contributed by atoms with Crippen molar-refractivity contribution in [1.82, 2.24) is 9.78 Å². The van der Waals surface area contributed by atoms with Gasteiger partial charge in [0.2, 0.25) is 0 Å². The topological polar surface area (TPSA) is 64.4 Å². The number of nitrogens with zero attached hydrogens (tertiary/aromatic N) is 2. The third kappa shape index (κ3) is 2.88. The Bertz CT molecular complexity index is 687. The first-order chi connectivity index (χ1) is 9.75. The van der Waals surface area contributed by atoms with E-state index in [1.807, 2.05) is 20.8 Å². The molecule has 0 saturated heterocycles. The molecule has 0 radical (unpaired) electrons. The summed E-state index contributed by atoms with van der Waals surface area (Å²) >= 11 is 6.24. The molecular weight excluding hydrogens is 292 g/mol. The molecule has 6 heteroatoms.